The number of hydrogen-bond donors (Lipinski definition) is 1. The van der Waals surface area contributed by atoms with E-state index in [-0.39, 0.29) is 22.3 Å². The van der Waals surface area contributed by atoms with E-state index in [2.05, 4.69) is 10.2 Å². The average Bonchev–Trinajstić information content (AvgIpc) is 2.56. The van der Waals surface area contributed by atoms with Crippen molar-refractivity contribution in [3.8, 4) is 0 Å². The number of carbonyl (C=O) groups is 2. The number of nitrogens with one attached hydrogen (secondary N) is 1. The Morgan fingerprint density at radius 2 is 2.19 bits per heavy atom. The second kappa shape index (κ2) is 5.69. The molecule has 4 aliphatic heterocycles. The van der Waals surface area contributed by atoms with Gasteiger partial charge in [0.2, 0.25) is 0 Å². The molecule has 2 fully saturated rings. The average molecular weight is 419 g/mol. The lowest BCUT2D eigenvalue weighted by molar-refractivity contribution is -0.342. The van der Waals surface area contributed by atoms with Gasteiger partial charge in [0.15, 0.2) is 5.69 Å². The van der Waals surface area contributed by atoms with Gasteiger partial charge in [-0.25, -0.2) is 4.79 Å². The number of imide groups is 1. The first-order chi connectivity index (χ1) is 12.8. The Morgan fingerprint density at radius 1 is 1.41 bits per heavy atom. The van der Waals surface area contributed by atoms with Crippen molar-refractivity contribution in [2.45, 2.75) is 23.2 Å². The number of hydrogen-bond acceptors (Lipinski definition) is 5. The molecule has 11 heteroatoms. The van der Waals surface area contributed by atoms with E-state index in [9.17, 15) is 22.8 Å². The van der Waals surface area contributed by atoms with Crippen molar-refractivity contribution < 1.29 is 32.1 Å². The summed E-state index contributed by atoms with van der Waals surface area (Å²) in [6.45, 7) is 1.87. The zero-order chi connectivity index (χ0) is 19.1. The molecule has 1 aromatic carbocycles. The van der Waals surface area contributed by atoms with E-state index in [1.54, 1.807) is 0 Å². The summed E-state index contributed by atoms with van der Waals surface area (Å²) in [6, 6.07) is 0.370. The van der Waals surface area contributed by atoms with Crippen molar-refractivity contribution in [1.82, 2.24) is 10.2 Å². The maximum atomic E-state index is 13.3. The zero-order valence-corrected chi connectivity index (χ0v) is 15.2. The highest BCUT2D eigenvalue weighted by Gasteiger charge is 2.50. The highest BCUT2D eigenvalue weighted by atomic mass is 35.5. The molecular formula is C16H12ClF3N3O3S+. The van der Waals surface area contributed by atoms with E-state index in [4.69, 9.17) is 16.3 Å². The Balaban J connectivity index is 1.64. The Morgan fingerprint density at radius 3 is 2.78 bits per heavy atom. The third-order valence-electron chi connectivity index (χ3n) is 5.27. The van der Waals surface area contributed by atoms with E-state index >= 15 is 0 Å². The molecule has 3 amide bonds. The molecule has 142 valence electrons. The smallest absolute Gasteiger partial charge is 0.373 e. The largest absolute Gasteiger partial charge is 0.504 e. The molecule has 1 unspecified atom stereocenters. The first kappa shape index (κ1) is 17.5. The normalized spacial score (nSPS) is 26.8. The summed E-state index contributed by atoms with van der Waals surface area (Å²) in [5.41, 5.74) is -0.412. The fraction of sp³-hybridized carbons (Fsp3) is 0.438. The van der Waals surface area contributed by atoms with Gasteiger partial charge in [0, 0.05) is 6.54 Å². The SMILES string of the molecule is O=C1NC(=O)[N+]2=C(CN3CC4OC[C@H]43)CSc3c(Cl)c(C(F)(F)F)cc1c32. The molecule has 4 aliphatic rings. The Labute approximate surface area is 160 Å². The van der Waals surface area contributed by atoms with Crippen LogP contribution in [0.2, 0.25) is 5.02 Å². The molecule has 5 rings (SSSR count). The van der Waals surface area contributed by atoms with Gasteiger partial charge in [-0.3, -0.25) is 4.90 Å². The standard InChI is InChI=1S/C16H11ClF3N3O3S/c17-11-8(16(18,19)20)1-7-12-13(11)27-5-6(23(12)15(25)21-14(7)24)2-22-3-10-9(22)4-26-10/h1,9-10H,2-5H2/p+1/t9-,10?/m1/s1. The van der Waals surface area contributed by atoms with Crippen LogP contribution in [0.25, 0.3) is 0 Å². The van der Waals surface area contributed by atoms with Crippen LogP contribution in [0.3, 0.4) is 0 Å². The van der Waals surface area contributed by atoms with Gasteiger partial charge < -0.3 is 4.74 Å². The number of ether oxygens (including phenoxy) is 1. The summed E-state index contributed by atoms with van der Waals surface area (Å²) in [7, 11) is 0. The first-order valence-corrected chi connectivity index (χ1v) is 9.54. The number of benzene rings is 1. The molecule has 0 aromatic heterocycles. The molecule has 1 aromatic rings. The number of carbonyl (C=O) groups excluding carboxylic acids is 2. The number of amides is 3. The minimum atomic E-state index is -4.70. The number of thioether (sulfide) groups is 1. The van der Waals surface area contributed by atoms with Crippen LogP contribution in [-0.2, 0) is 10.9 Å². The lowest BCUT2D eigenvalue weighted by Gasteiger charge is -2.54. The predicted molar refractivity (Wildman–Crippen MR) is 90.1 cm³/mol. The maximum Gasteiger partial charge on any atom is 0.504 e. The topological polar surface area (TPSA) is 61.7 Å². The van der Waals surface area contributed by atoms with Gasteiger partial charge in [-0.15, -0.1) is 11.8 Å². The molecule has 0 radical (unpaired) electrons. The number of morpholine rings is 1. The summed E-state index contributed by atoms with van der Waals surface area (Å²) in [5.74, 6) is -0.544. The summed E-state index contributed by atoms with van der Waals surface area (Å²) in [6.07, 6.45) is -4.47. The second-order valence-corrected chi connectivity index (χ2v) is 8.14. The minimum Gasteiger partial charge on any atom is -0.373 e. The molecule has 4 heterocycles. The molecule has 0 spiro atoms. The minimum absolute atomic E-state index is 0.113. The molecule has 0 saturated carbocycles. The van der Waals surface area contributed by atoms with Gasteiger partial charge in [-0.05, 0) is 6.07 Å². The van der Waals surface area contributed by atoms with Crippen LogP contribution in [0.15, 0.2) is 11.0 Å². The van der Waals surface area contributed by atoms with Crippen LogP contribution < -0.4 is 5.32 Å². The number of halogens is 4. The molecular weight excluding hydrogens is 407 g/mol. The Hall–Kier alpha value is -1.62. The molecule has 0 bridgehead atoms. The quantitative estimate of drug-likeness (QED) is 0.748. The van der Waals surface area contributed by atoms with E-state index in [0.29, 0.717) is 30.7 Å². The van der Waals surface area contributed by atoms with Crippen LogP contribution in [0, 0.1) is 0 Å². The highest BCUT2D eigenvalue weighted by Crippen LogP contribution is 2.48. The third-order valence-corrected chi connectivity index (χ3v) is 6.94. The van der Waals surface area contributed by atoms with Crippen molar-refractivity contribution in [2.24, 2.45) is 0 Å². The summed E-state index contributed by atoms with van der Waals surface area (Å²) in [5, 5.41) is 1.66. The number of nitrogens with zero attached hydrogens (tertiary/aromatic N) is 2. The molecule has 0 aliphatic carbocycles. The van der Waals surface area contributed by atoms with Gasteiger partial charge in [-0.1, -0.05) is 11.6 Å². The van der Waals surface area contributed by atoms with Gasteiger partial charge in [-0.2, -0.15) is 27.9 Å². The molecule has 27 heavy (non-hydrogen) atoms. The number of rotatable bonds is 2. The van der Waals surface area contributed by atoms with Crippen LogP contribution in [0.5, 0.6) is 0 Å². The third kappa shape index (κ3) is 2.47. The number of likely N-dealkylation sites (tertiary alicyclic amines) is 1. The summed E-state index contributed by atoms with van der Waals surface area (Å²) >= 11 is 7.14. The van der Waals surface area contributed by atoms with Crippen molar-refractivity contribution in [1.29, 1.82) is 0 Å². The van der Waals surface area contributed by atoms with Crippen LogP contribution in [0.4, 0.5) is 23.7 Å². The number of alkyl halides is 3. The van der Waals surface area contributed by atoms with E-state index in [0.717, 1.165) is 24.4 Å². The molecule has 2 saturated heterocycles. The van der Waals surface area contributed by atoms with E-state index in [1.807, 2.05) is 0 Å². The van der Waals surface area contributed by atoms with E-state index < -0.39 is 28.7 Å². The zero-order valence-electron chi connectivity index (χ0n) is 13.6. The fourth-order valence-corrected chi connectivity index (χ4v) is 5.32. The maximum absolute atomic E-state index is 13.3. The summed E-state index contributed by atoms with van der Waals surface area (Å²) in [4.78, 5) is 27.0. The Kier molecular flexibility index (Phi) is 3.69. The summed E-state index contributed by atoms with van der Waals surface area (Å²) < 4.78 is 46.6. The van der Waals surface area contributed by atoms with Crippen molar-refractivity contribution in [3.63, 3.8) is 0 Å². The predicted octanol–water partition coefficient (Wildman–Crippen LogP) is 2.50. The second-order valence-electron chi connectivity index (χ2n) is 6.78. The van der Waals surface area contributed by atoms with Gasteiger partial charge in [0.25, 0.3) is 0 Å². The van der Waals surface area contributed by atoms with Crippen LogP contribution in [0.1, 0.15) is 15.9 Å². The van der Waals surface area contributed by atoms with Crippen molar-refractivity contribution in [2.75, 3.05) is 25.4 Å². The van der Waals surface area contributed by atoms with Crippen molar-refractivity contribution in [3.05, 3.63) is 22.2 Å². The molecule has 2 atom stereocenters. The monoisotopic (exact) mass is 418 g/mol. The molecule has 1 N–H and O–H groups in total. The highest BCUT2D eigenvalue weighted by molar-refractivity contribution is 8.00. The van der Waals surface area contributed by atoms with Gasteiger partial charge >= 0.3 is 18.1 Å². The Bertz CT molecular complexity index is 949. The number of urea groups is 1. The van der Waals surface area contributed by atoms with Gasteiger partial charge in [0.1, 0.15) is 11.3 Å². The lowest BCUT2D eigenvalue weighted by Crippen LogP contribution is -2.71. The first-order valence-electron chi connectivity index (χ1n) is 8.18. The number of fused-ring (bicyclic) bond motifs is 1. The van der Waals surface area contributed by atoms with Crippen LogP contribution >= 0.6 is 23.4 Å². The molecule has 6 nitrogen and oxygen atoms in total. The van der Waals surface area contributed by atoms with Crippen LogP contribution in [-0.4, -0.2) is 64.7 Å². The fourth-order valence-electron chi connectivity index (χ4n) is 3.80. The van der Waals surface area contributed by atoms with Crippen molar-refractivity contribution >= 4 is 46.7 Å². The van der Waals surface area contributed by atoms with Gasteiger partial charge in [0.05, 0.1) is 46.5 Å². The lowest BCUT2D eigenvalue weighted by atomic mass is 9.94. The van der Waals surface area contributed by atoms with E-state index in [1.165, 1.54) is 4.58 Å².